The minimum atomic E-state index is -1.07. The fraction of sp³-hybridized carbons (Fsp3) is 0.333. The Balaban J connectivity index is 2.52. The first-order valence-electron chi connectivity index (χ1n) is 5.54. The van der Waals surface area contributed by atoms with Crippen LogP contribution in [0.5, 0.6) is 5.75 Å². The number of halogens is 2. The van der Waals surface area contributed by atoms with Crippen LogP contribution in [0, 0.1) is 0 Å². The van der Waals surface area contributed by atoms with Crippen molar-refractivity contribution in [2.45, 2.75) is 19.4 Å². The molecule has 1 aromatic rings. The highest BCUT2D eigenvalue weighted by Crippen LogP contribution is 2.27. The van der Waals surface area contributed by atoms with Gasteiger partial charge in [-0.05, 0) is 40.5 Å². The number of amides is 1. The van der Waals surface area contributed by atoms with Gasteiger partial charge < -0.3 is 15.2 Å². The largest absolute Gasteiger partial charge is 0.483 e. The van der Waals surface area contributed by atoms with Gasteiger partial charge in [-0.2, -0.15) is 0 Å². The SMILES string of the molecule is CCC(NC(=O)COc1ccc(Cl)cc1Br)C(=O)O. The van der Waals surface area contributed by atoms with Gasteiger partial charge >= 0.3 is 5.97 Å². The van der Waals surface area contributed by atoms with Crippen molar-refractivity contribution < 1.29 is 19.4 Å². The van der Waals surface area contributed by atoms with Gasteiger partial charge in [0, 0.05) is 5.02 Å². The standard InChI is InChI=1S/C12H13BrClNO4/c1-2-9(12(17)18)15-11(16)6-19-10-4-3-7(14)5-8(10)13/h3-5,9H,2,6H2,1H3,(H,15,16)(H,17,18). The van der Waals surface area contributed by atoms with Crippen molar-refractivity contribution in [3.05, 3.63) is 27.7 Å². The average molecular weight is 351 g/mol. The normalized spacial score (nSPS) is 11.7. The van der Waals surface area contributed by atoms with Crippen LogP contribution in [0.1, 0.15) is 13.3 Å². The van der Waals surface area contributed by atoms with E-state index in [1.165, 1.54) is 0 Å². The first-order valence-corrected chi connectivity index (χ1v) is 6.71. The van der Waals surface area contributed by atoms with Crippen molar-refractivity contribution in [2.75, 3.05) is 6.61 Å². The third kappa shape index (κ3) is 5.08. The monoisotopic (exact) mass is 349 g/mol. The van der Waals surface area contributed by atoms with Gasteiger partial charge in [0.1, 0.15) is 11.8 Å². The maximum Gasteiger partial charge on any atom is 0.326 e. The number of carbonyl (C=O) groups excluding carboxylic acids is 1. The molecule has 1 aromatic carbocycles. The van der Waals surface area contributed by atoms with E-state index in [0.29, 0.717) is 21.7 Å². The molecule has 0 bridgehead atoms. The lowest BCUT2D eigenvalue weighted by Gasteiger charge is -2.13. The van der Waals surface area contributed by atoms with Crippen LogP contribution in [0.4, 0.5) is 0 Å². The van der Waals surface area contributed by atoms with Crippen LogP contribution in [0.2, 0.25) is 5.02 Å². The topological polar surface area (TPSA) is 75.6 Å². The third-order valence-corrected chi connectivity index (χ3v) is 3.15. The summed E-state index contributed by atoms with van der Waals surface area (Å²) in [5, 5.41) is 11.7. The summed E-state index contributed by atoms with van der Waals surface area (Å²) in [4.78, 5) is 22.3. The maximum absolute atomic E-state index is 11.5. The number of hydrogen-bond acceptors (Lipinski definition) is 3. The number of ether oxygens (including phenoxy) is 1. The zero-order chi connectivity index (χ0) is 14.4. The van der Waals surface area contributed by atoms with Crippen LogP contribution in [-0.2, 0) is 9.59 Å². The second-order valence-corrected chi connectivity index (χ2v) is 5.02. The Kier molecular flexibility index (Phi) is 6.11. The lowest BCUT2D eigenvalue weighted by molar-refractivity contribution is -0.142. The van der Waals surface area contributed by atoms with Crippen LogP contribution in [-0.4, -0.2) is 29.6 Å². The predicted molar refractivity (Wildman–Crippen MR) is 74.5 cm³/mol. The van der Waals surface area contributed by atoms with Gasteiger partial charge in [-0.3, -0.25) is 4.79 Å². The smallest absolute Gasteiger partial charge is 0.326 e. The Morgan fingerprint density at radius 2 is 2.21 bits per heavy atom. The molecule has 0 saturated heterocycles. The third-order valence-electron chi connectivity index (χ3n) is 2.29. The lowest BCUT2D eigenvalue weighted by Crippen LogP contribution is -2.42. The van der Waals surface area contributed by atoms with E-state index in [9.17, 15) is 9.59 Å². The van der Waals surface area contributed by atoms with E-state index in [2.05, 4.69) is 21.2 Å². The van der Waals surface area contributed by atoms with Gasteiger partial charge in [0.2, 0.25) is 0 Å². The molecule has 0 aromatic heterocycles. The van der Waals surface area contributed by atoms with E-state index >= 15 is 0 Å². The van der Waals surface area contributed by atoms with Crippen molar-refractivity contribution in [3.63, 3.8) is 0 Å². The minimum Gasteiger partial charge on any atom is -0.483 e. The van der Waals surface area contributed by atoms with Crippen LogP contribution in [0.3, 0.4) is 0 Å². The van der Waals surface area contributed by atoms with Crippen LogP contribution in [0.25, 0.3) is 0 Å². The zero-order valence-electron chi connectivity index (χ0n) is 10.2. The molecule has 1 atom stereocenters. The second kappa shape index (κ2) is 7.35. The second-order valence-electron chi connectivity index (χ2n) is 3.73. The quantitative estimate of drug-likeness (QED) is 0.826. The highest BCUT2D eigenvalue weighted by molar-refractivity contribution is 9.10. The Hall–Kier alpha value is -1.27. The summed E-state index contributed by atoms with van der Waals surface area (Å²) in [6, 6.07) is 3.99. The number of nitrogens with one attached hydrogen (secondary N) is 1. The summed E-state index contributed by atoms with van der Waals surface area (Å²) in [5.74, 6) is -1.09. The lowest BCUT2D eigenvalue weighted by atomic mass is 10.2. The molecule has 1 rings (SSSR count). The zero-order valence-corrected chi connectivity index (χ0v) is 12.5. The molecule has 104 valence electrons. The molecule has 1 unspecified atom stereocenters. The number of hydrogen-bond donors (Lipinski definition) is 2. The Morgan fingerprint density at radius 1 is 1.53 bits per heavy atom. The molecule has 0 radical (unpaired) electrons. The summed E-state index contributed by atoms with van der Waals surface area (Å²) in [6.07, 6.45) is 0.311. The number of rotatable bonds is 6. The van der Waals surface area contributed by atoms with Gasteiger partial charge in [0.25, 0.3) is 5.91 Å². The Morgan fingerprint density at radius 3 is 2.74 bits per heavy atom. The number of carbonyl (C=O) groups is 2. The average Bonchev–Trinajstić information content (AvgIpc) is 2.34. The molecule has 0 fully saturated rings. The minimum absolute atomic E-state index is 0.260. The molecule has 2 N–H and O–H groups in total. The maximum atomic E-state index is 11.5. The summed E-state index contributed by atoms with van der Waals surface area (Å²) < 4.78 is 5.89. The van der Waals surface area contributed by atoms with Crippen LogP contribution < -0.4 is 10.1 Å². The molecule has 0 aliphatic heterocycles. The molecular formula is C12H13BrClNO4. The molecule has 0 heterocycles. The van der Waals surface area contributed by atoms with E-state index in [1.807, 2.05) is 0 Å². The molecule has 0 saturated carbocycles. The predicted octanol–water partition coefficient (Wildman–Crippen LogP) is 2.46. The number of carboxylic acid groups (broad SMARTS) is 1. The van der Waals surface area contributed by atoms with Crippen molar-refractivity contribution in [2.24, 2.45) is 0 Å². The molecule has 0 spiro atoms. The first kappa shape index (κ1) is 15.8. The van der Waals surface area contributed by atoms with E-state index in [-0.39, 0.29) is 6.61 Å². The fourth-order valence-corrected chi connectivity index (χ4v) is 2.11. The summed E-state index contributed by atoms with van der Waals surface area (Å²) in [7, 11) is 0. The molecular weight excluding hydrogens is 337 g/mol. The summed E-state index contributed by atoms with van der Waals surface area (Å²) in [5.41, 5.74) is 0. The first-order chi connectivity index (χ1) is 8.93. The molecule has 1 amide bonds. The number of carboxylic acids is 1. The van der Waals surface area contributed by atoms with Crippen molar-refractivity contribution in [1.82, 2.24) is 5.32 Å². The Labute approximate surface area is 124 Å². The van der Waals surface area contributed by atoms with Gasteiger partial charge in [0.05, 0.1) is 4.47 Å². The molecule has 0 aliphatic rings. The van der Waals surface area contributed by atoms with Gasteiger partial charge in [0.15, 0.2) is 6.61 Å². The summed E-state index contributed by atoms with van der Waals surface area (Å²) >= 11 is 9.02. The number of benzene rings is 1. The van der Waals surface area contributed by atoms with E-state index in [1.54, 1.807) is 25.1 Å². The van der Waals surface area contributed by atoms with Crippen molar-refractivity contribution in [3.8, 4) is 5.75 Å². The highest BCUT2D eigenvalue weighted by Gasteiger charge is 2.17. The molecule has 19 heavy (non-hydrogen) atoms. The van der Waals surface area contributed by atoms with E-state index < -0.39 is 17.9 Å². The molecule has 7 heteroatoms. The Bertz CT molecular complexity index is 481. The van der Waals surface area contributed by atoms with Gasteiger partial charge in [-0.1, -0.05) is 18.5 Å². The van der Waals surface area contributed by atoms with Crippen molar-refractivity contribution >= 4 is 39.4 Å². The molecule has 0 aliphatic carbocycles. The van der Waals surface area contributed by atoms with E-state index in [0.717, 1.165) is 0 Å². The van der Waals surface area contributed by atoms with Gasteiger partial charge in [-0.25, -0.2) is 4.79 Å². The number of aliphatic carboxylic acids is 1. The summed E-state index contributed by atoms with van der Waals surface area (Å²) in [6.45, 7) is 1.42. The molecule has 5 nitrogen and oxygen atoms in total. The van der Waals surface area contributed by atoms with E-state index in [4.69, 9.17) is 21.4 Å². The van der Waals surface area contributed by atoms with Gasteiger partial charge in [-0.15, -0.1) is 0 Å². The van der Waals surface area contributed by atoms with Crippen LogP contribution in [0.15, 0.2) is 22.7 Å². The van der Waals surface area contributed by atoms with Crippen LogP contribution >= 0.6 is 27.5 Å². The highest BCUT2D eigenvalue weighted by atomic mass is 79.9. The fourth-order valence-electron chi connectivity index (χ4n) is 1.31. The van der Waals surface area contributed by atoms with Crippen molar-refractivity contribution in [1.29, 1.82) is 0 Å².